The van der Waals surface area contributed by atoms with Crippen LogP contribution in [0.3, 0.4) is 0 Å². The summed E-state index contributed by atoms with van der Waals surface area (Å²) in [7, 11) is 1.28. The third kappa shape index (κ3) is 4.21. The van der Waals surface area contributed by atoms with Gasteiger partial charge in [-0.3, -0.25) is 9.36 Å². The van der Waals surface area contributed by atoms with Crippen molar-refractivity contribution in [2.45, 2.75) is 46.7 Å². The minimum absolute atomic E-state index is 0.0706. The molecule has 0 aliphatic heterocycles. The number of ether oxygens (including phenoxy) is 1. The van der Waals surface area contributed by atoms with Gasteiger partial charge in [0.15, 0.2) is 11.2 Å². The number of esters is 1. The third-order valence-corrected chi connectivity index (χ3v) is 5.64. The number of rotatable bonds is 7. The highest BCUT2D eigenvalue weighted by molar-refractivity contribution is 5.86. The Morgan fingerprint density at radius 1 is 1.06 bits per heavy atom. The van der Waals surface area contributed by atoms with Crippen molar-refractivity contribution in [3.63, 3.8) is 0 Å². The van der Waals surface area contributed by atoms with Gasteiger partial charge in [0.25, 0.3) is 5.56 Å². The predicted octanol–water partition coefficient (Wildman–Crippen LogP) is 3.56. The van der Waals surface area contributed by atoms with Crippen LogP contribution in [0.2, 0.25) is 0 Å². The van der Waals surface area contributed by atoms with Crippen LogP contribution in [0.1, 0.15) is 55.5 Å². The summed E-state index contributed by atoms with van der Waals surface area (Å²) in [4.78, 5) is 43.0. The van der Waals surface area contributed by atoms with E-state index in [-0.39, 0.29) is 35.9 Å². The van der Waals surface area contributed by atoms with Gasteiger partial charge in [-0.2, -0.15) is 0 Å². The van der Waals surface area contributed by atoms with Crippen LogP contribution in [0, 0.1) is 5.92 Å². The van der Waals surface area contributed by atoms with Crippen molar-refractivity contribution < 1.29 is 13.9 Å². The van der Waals surface area contributed by atoms with Crippen molar-refractivity contribution in [3.05, 3.63) is 80.6 Å². The molecular weight excluding hydrogens is 436 g/mol. The highest BCUT2D eigenvalue weighted by Gasteiger charge is 2.21. The van der Waals surface area contributed by atoms with Gasteiger partial charge in [-0.1, -0.05) is 39.8 Å². The number of furan rings is 1. The van der Waals surface area contributed by atoms with Crippen molar-refractivity contribution in [2.75, 3.05) is 7.11 Å². The lowest BCUT2D eigenvalue weighted by Crippen LogP contribution is -2.41. The van der Waals surface area contributed by atoms with Crippen LogP contribution in [-0.4, -0.2) is 31.8 Å². The molecular formula is C25H28N4O5. The van der Waals surface area contributed by atoms with E-state index >= 15 is 0 Å². The molecule has 0 spiro atoms. The first kappa shape index (κ1) is 23.3. The fourth-order valence-corrected chi connectivity index (χ4v) is 3.91. The monoisotopic (exact) mass is 464 g/mol. The zero-order chi connectivity index (χ0) is 24.6. The predicted molar refractivity (Wildman–Crippen MR) is 128 cm³/mol. The molecule has 34 heavy (non-hydrogen) atoms. The Kier molecular flexibility index (Phi) is 6.28. The van der Waals surface area contributed by atoms with E-state index in [1.54, 1.807) is 10.6 Å². The first-order valence-corrected chi connectivity index (χ1v) is 11.2. The SMILES string of the molecule is COC(=O)c1ccc(Cn2cnc3c2c(=O)n(CC(C)C)c(=O)n3-c2ccc(C(C)C)cc2)o1. The van der Waals surface area contributed by atoms with Crippen LogP contribution in [-0.2, 0) is 17.8 Å². The second-order valence-electron chi connectivity index (χ2n) is 8.98. The summed E-state index contributed by atoms with van der Waals surface area (Å²) in [5.74, 6) is 0.376. The highest BCUT2D eigenvalue weighted by atomic mass is 16.5. The van der Waals surface area contributed by atoms with Gasteiger partial charge in [-0.15, -0.1) is 0 Å². The van der Waals surface area contributed by atoms with E-state index in [4.69, 9.17) is 4.42 Å². The van der Waals surface area contributed by atoms with E-state index in [2.05, 4.69) is 23.6 Å². The molecule has 0 bridgehead atoms. The van der Waals surface area contributed by atoms with Crippen LogP contribution in [0.25, 0.3) is 16.9 Å². The second-order valence-corrected chi connectivity index (χ2v) is 8.98. The Hall–Kier alpha value is -3.88. The lowest BCUT2D eigenvalue weighted by molar-refractivity contribution is 0.0563. The summed E-state index contributed by atoms with van der Waals surface area (Å²) in [5, 5.41) is 0. The number of methoxy groups -OCH3 is 1. The van der Waals surface area contributed by atoms with Gasteiger partial charge in [0, 0.05) is 6.54 Å². The number of imidazole rings is 1. The van der Waals surface area contributed by atoms with E-state index in [0.29, 0.717) is 17.4 Å². The van der Waals surface area contributed by atoms with E-state index in [9.17, 15) is 14.4 Å². The van der Waals surface area contributed by atoms with Crippen LogP contribution in [0.5, 0.6) is 0 Å². The van der Waals surface area contributed by atoms with Crippen molar-refractivity contribution >= 4 is 17.1 Å². The Morgan fingerprint density at radius 2 is 1.76 bits per heavy atom. The molecule has 3 heterocycles. The van der Waals surface area contributed by atoms with Crippen molar-refractivity contribution in [1.82, 2.24) is 18.7 Å². The van der Waals surface area contributed by atoms with Crippen LogP contribution in [0.4, 0.5) is 0 Å². The van der Waals surface area contributed by atoms with Gasteiger partial charge in [0.05, 0.1) is 25.7 Å². The van der Waals surface area contributed by atoms with Gasteiger partial charge in [0.2, 0.25) is 5.76 Å². The molecule has 0 amide bonds. The fourth-order valence-electron chi connectivity index (χ4n) is 3.91. The van der Waals surface area contributed by atoms with E-state index in [0.717, 1.165) is 5.56 Å². The molecule has 3 aromatic heterocycles. The molecule has 1 aromatic carbocycles. The number of nitrogens with zero attached hydrogens (tertiary/aromatic N) is 4. The molecule has 0 saturated heterocycles. The maximum atomic E-state index is 13.4. The molecule has 0 aliphatic carbocycles. The van der Waals surface area contributed by atoms with Crippen LogP contribution in [0.15, 0.2) is 56.7 Å². The maximum absolute atomic E-state index is 13.4. The number of hydrogen-bond donors (Lipinski definition) is 0. The van der Waals surface area contributed by atoms with Crippen LogP contribution >= 0.6 is 0 Å². The van der Waals surface area contributed by atoms with Gasteiger partial charge in [-0.25, -0.2) is 19.1 Å². The summed E-state index contributed by atoms with van der Waals surface area (Å²) in [6.07, 6.45) is 1.50. The number of hydrogen-bond acceptors (Lipinski definition) is 6. The normalized spacial score (nSPS) is 11.6. The van der Waals surface area contributed by atoms with Gasteiger partial charge >= 0.3 is 11.7 Å². The molecule has 0 radical (unpaired) electrons. The van der Waals surface area contributed by atoms with E-state index in [1.165, 1.54) is 28.6 Å². The van der Waals surface area contributed by atoms with Crippen molar-refractivity contribution in [3.8, 4) is 5.69 Å². The molecule has 0 saturated carbocycles. The first-order valence-electron chi connectivity index (χ1n) is 11.2. The quantitative estimate of drug-likeness (QED) is 0.388. The second kappa shape index (κ2) is 9.17. The molecule has 178 valence electrons. The van der Waals surface area contributed by atoms with Gasteiger partial charge in [-0.05, 0) is 41.7 Å². The van der Waals surface area contributed by atoms with E-state index < -0.39 is 17.2 Å². The summed E-state index contributed by atoms with van der Waals surface area (Å²) >= 11 is 0. The summed E-state index contributed by atoms with van der Waals surface area (Å²) < 4.78 is 14.6. The number of carbonyl (C=O) groups is 1. The lowest BCUT2D eigenvalue weighted by Gasteiger charge is -2.14. The number of carbonyl (C=O) groups excluding carboxylic acids is 1. The fraction of sp³-hybridized carbons (Fsp3) is 0.360. The molecule has 4 aromatic rings. The Morgan fingerprint density at radius 3 is 2.38 bits per heavy atom. The molecule has 0 atom stereocenters. The third-order valence-electron chi connectivity index (χ3n) is 5.64. The van der Waals surface area contributed by atoms with Gasteiger partial charge < -0.3 is 13.7 Å². The Labute approximate surface area is 196 Å². The van der Waals surface area contributed by atoms with Gasteiger partial charge in [0.1, 0.15) is 5.76 Å². The van der Waals surface area contributed by atoms with Crippen LogP contribution < -0.4 is 11.2 Å². The van der Waals surface area contributed by atoms with Crippen molar-refractivity contribution in [2.24, 2.45) is 5.92 Å². The topological polar surface area (TPSA) is 101 Å². The Bertz CT molecular complexity index is 1450. The average Bonchev–Trinajstić information content (AvgIpc) is 3.44. The smallest absolute Gasteiger partial charge is 0.373 e. The minimum atomic E-state index is -0.584. The van der Waals surface area contributed by atoms with E-state index in [1.807, 2.05) is 38.1 Å². The average molecular weight is 465 g/mol. The zero-order valence-corrected chi connectivity index (χ0v) is 19.9. The largest absolute Gasteiger partial charge is 0.463 e. The molecule has 0 unspecified atom stereocenters. The lowest BCUT2D eigenvalue weighted by atomic mass is 10.0. The maximum Gasteiger partial charge on any atom is 0.373 e. The highest BCUT2D eigenvalue weighted by Crippen LogP contribution is 2.19. The standard InChI is InChI=1S/C25H28N4O5/c1-15(2)12-28-23(30)21-22(29(25(28)32)18-8-6-17(7-9-18)16(3)4)26-14-27(21)13-19-10-11-20(34-19)24(31)33-5/h6-11,14-16H,12-13H2,1-5H3. The minimum Gasteiger partial charge on any atom is -0.463 e. The molecule has 9 heteroatoms. The number of aromatic nitrogens is 4. The molecule has 0 fully saturated rings. The molecule has 0 aliphatic rings. The Balaban J connectivity index is 1.89. The zero-order valence-electron chi connectivity index (χ0n) is 19.9. The molecule has 0 N–H and O–H groups in total. The first-order chi connectivity index (χ1) is 16.2. The molecule has 4 rings (SSSR count). The molecule has 9 nitrogen and oxygen atoms in total. The van der Waals surface area contributed by atoms with Crippen molar-refractivity contribution in [1.29, 1.82) is 0 Å². The summed E-state index contributed by atoms with van der Waals surface area (Å²) in [5.41, 5.74) is 1.48. The number of fused-ring (bicyclic) bond motifs is 1. The number of benzene rings is 1. The summed E-state index contributed by atoms with van der Waals surface area (Å²) in [6.45, 7) is 8.54. The summed E-state index contributed by atoms with van der Waals surface area (Å²) in [6, 6.07) is 10.9.